The summed E-state index contributed by atoms with van der Waals surface area (Å²) >= 11 is 0. The third-order valence-corrected chi connectivity index (χ3v) is 6.93. The molecule has 0 atom stereocenters. The first-order chi connectivity index (χ1) is 16.8. The van der Waals surface area contributed by atoms with E-state index in [1.165, 1.54) is 6.20 Å². The highest BCUT2D eigenvalue weighted by atomic mass is 32.2. The third kappa shape index (κ3) is 4.47. The second kappa shape index (κ2) is 8.88. The number of aryl methyl sites for hydroxylation is 1. The average molecular weight is 492 g/mol. The van der Waals surface area contributed by atoms with Gasteiger partial charge < -0.3 is 0 Å². The van der Waals surface area contributed by atoms with Crippen molar-refractivity contribution in [2.45, 2.75) is 18.4 Å². The minimum absolute atomic E-state index is 0.141. The number of nitrogens with zero attached hydrogens (tertiary/aromatic N) is 4. The molecular formula is C25H19F2N5O2S. The molecule has 0 fully saturated rings. The second-order valence-corrected chi connectivity index (χ2v) is 9.47. The molecule has 0 aliphatic carbocycles. The minimum Gasteiger partial charge on any atom is -0.278 e. The molecular weight excluding hydrogens is 472 g/mol. The molecule has 0 amide bonds. The third-order valence-electron chi connectivity index (χ3n) is 5.52. The van der Waals surface area contributed by atoms with E-state index in [2.05, 4.69) is 19.8 Å². The van der Waals surface area contributed by atoms with Crippen LogP contribution in [0.5, 0.6) is 0 Å². The van der Waals surface area contributed by atoms with Gasteiger partial charge in [0.2, 0.25) is 0 Å². The first-order valence-electron chi connectivity index (χ1n) is 10.7. The summed E-state index contributed by atoms with van der Waals surface area (Å²) in [5.41, 5.74) is 4.29. The van der Waals surface area contributed by atoms with Crippen molar-refractivity contribution in [3.63, 3.8) is 0 Å². The van der Waals surface area contributed by atoms with Gasteiger partial charge in [-0.05, 0) is 54.4 Å². The van der Waals surface area contributed by atoms with Crippen LogP contribution in [0.2, 0.25) is 0 Å². The molecule has 0 aliphatic rings. The van der Waals surface area contributed by atoms with Crippen LogP contribution in [0, 0.1) is 11.6 Å². The van der Waals surface area contributed by atoms with Crippen molar-refractivity contribution in [3.05, 3.63) is 91.1 Å². The van der Waals surface area contributed by atoms with Gasteiger partial charge in [-0.25, -0.2) is 17.2 Å². The number of aromatic nitrogens is 4. The van der Waals surface area contributed by atoms with Crippen molar-refractivity contribution in [2.75, 3.05) is 4.72 Å². The summed E-state index contributed by atoms with van der Waals surface area (Å²) in [7, 11) is -4.29. The highest BCUT2D eigenvalue weighted by molar-refractivity contribution is 7.92. The van der Waals surface area contributed by atoms with Gasteiger partial charge in [-0.3, -0.25) is 19.4 Å². The zero-order valence-corrected chi connectivity index (χ0v) is 19.3. The van der Waals surface area contributed by atoms with Crippen LogP contribution in [0.3, 0.4) is 0 Å². The molecule has 0 radical (unpaired) electrons. The molecule has 7 nitrogen and oxygen atoms in total. The van der Waals surface area contributed by atoms with Crippen molar-refractivity contribution >= 4 is 26.6 Å². The normalized spacial score (nSPS) is 11.6. The second-order valence-electron chi connectivity index (χ2n) is 7.82. The first-order valence-corrected chi connectivity index (χ1v) is 12.2. The van der Waals surface area contributed by atoms with Crippen molar-refractivity contribution in [2.24, 2.45) is 0 Å². The molecule has 1 N–H and O–H groups in total. The largest absolute Gasteiger partial charge is 0.278 e. The molecule has 2 aromatic carbocycles. The zero-order valence-electron chi connectivity index (χ0n) is 18.5. The maximum atomic E-state index is 14.1. The number of fused-ring (bicyclic) bond motifs is 1. The lowest BCUT2D eigenvalue weighted by molar-refractivity contribution is 0.551. The van der Waals surface area contributed by atoms with E-state index in [-0.39, 0.29) is 5.69 Å². The maximum absolute atomic E-state index is 14.1. The summed E-state index contributed by atoms with van der Waals surface area (Å²) in [6, 6.07) is 11.5. The van der Waals surface area contributed by atoms with Gasteiger partial charge in [0, 0.05) is 47.7 Å². The van der Waals surface area contributed by atoms with Crippen LogP contribution in [-0.2, 0) is 16.6 Å². The van der Waals surface area contributed by atoms with Crippen LogP contribution >= 0.6 is 0 Å². The van der Waals surface area contributed by atoms with Crippen molar-refractivity contribution < 1.29 is 17.2 Å². The van der Waals surface area contributed by atoms with E-state index in [4.69, 9.17) is 0 Å². The Hall–Kier alpha value is -4.18. The van der Waals surface area contributed by atoms with Crippen LogP contribution in [-0.4, -0.2) is 28.2 Å². The number of rotatable bonds is 6. The summed E-state index contributed by atoms with van der Waals surface area (Å²) in [5.74, 6) is -2.04. The quantitative estimate of drug-likeness (QED) is 0.350. The Bertz CT molecular complexity index is 1670. The fourth-order valence-corrected chi connectivity index (χ4v) is 4.90. The van der Waals surface area contributed by atoms with E-state index < -0.39 is 26.6 Å². The van der Waals surface area contributed by atoms with Gasteiger partial charge in [0.15, 0.2) is 0 Å². The van der Waals surface area contributed by atoms with Crippen LogP contribution < -0.4 is 4.72 Å². The average Bonchev–Trinajstić information content (AvgIpc) is 3.32. The molecule has 0 bridgehead atoms. The van der Waals surface area contributed by atoms with E-state index in [9.17, 15) is 17.2 Å². The topological polar surface area (TPSA) is 89.8 Å². The Morgan fingerprint density at radius 3 is 2.57 bits per heavy atom. The molecule has 0 spiro atoms. The molecule has 0 saturated heterocycles. The van der Waals surface area contributed by atoms with Gasteiger partial charge in [-0.2, -0.15) is 5.10 Å². The van der Waals surface area contributed by atoms with Gasteiger partial charge >= 0.3 is 0 Å². The summed E-state index contributed by atoms with van der Waals surface area (Å²) < 4.78 is 56.7. The SMILES string of the molecule is CCn1cc(-c2ccnc3ccc(-c4cncc(NS(=O)(=O)c5ccc(F)cc5F)c4)cc23)cn1. The lowest BCUT2D eigenvalue weighted by Crippen LogP contribution is -2.15. The van der Waals surface area contributed by atoms with E-state index in [0.717, 1.165) is 46.3 Å². The molecule has 5 rings (SSSR count). The fraction of sp³-hybridized carbons (Fsp3) is 0.0800. The Morgan fingerprint density at radius 2 is 1.80 bits per heavy atom. The van der Waals surface area contributed by atoms with Crippen molar-refractivity contribution in [1.82, 2.24) is 19.7 Å². The molecule has 5 aromatic rings. The van der Waals surface area contributed by atoms with Crippen LogP contribution in [0.25, 0.3) is 33.2 Å². The molecule has 10 heteroatoms. The zero-order chi connectivity index (χ0) is 24.6. The predicted molar refractivity (Wildman–Crippen MR) is 129 cm³/mol. The van der Waals surface area contributed by atoms with Gasteiger partial charge in [0.25, 0.3) is 10.0 Å². The van der Waals surface area contributed by atoms with Gasteiger partial charge in [0.1, 0.15) is 16.5 Å². The monoisotopic (exact) mass is 491 g/mol. The smallest absolute Gasteiger partial charge is 0.264 e. The lowest BCUT2D eigenvalue weighted by Gasteiger charge is -2.11. The van der Waals surface area contributed by atoms with Crippen molar-refractivity contribution in [3.8, 4) is 22.3 Å². The summed E-state index contributed by atoms with van der Waals surface area (Å²) in [5, 5.41) is 5.26. The van der Waals surface area contributed by atoms with E-state index in [0.29, 0.717) is 11.6 Å². The van der Waals surface area contributed by atoms with E-state index >= 15 is 0 Å². The predicted octanol–water partition coefficient (Wildman–Crippen LogP) is 5.26. The molecule has 3 aromatic heterocycles. The molecule has 35 heavy (non-hydrogen) atoms. The molecule has 3 heterocycles. The van der Waals surface area contributed by atoms with Crippen LogP contribution in [0.15, 0.2) is 84.4 Å². The summed E-state index contributed by atoms with van der Waals surface area (Å²) in [6.07, 6.45) is 8.42. The Kier molecular flexibility index (Phi) is 5.73. The van der Waals surface area contributed by atoms with Gasteiger partial charge in [0.05, 0.1) is 23.6 Å². The number of halogens is 2. The van der Waals surface area contributed by atoms with Crippen LogP contribution in [0.4, 0.5) is 14.5 Å². The van der Waals surface area contributed by atoms with Gasteiger partial charge in [-0.1, -0.05) is 6.07 Å². The summed E-state index contributed by atoms with van der Waals surface area (Å²) in [6.45, 7) is 2.77. The molecule has 0 aliphatic heterocycles. The highest BCUT2D eigenvalue weighted by Gasteiger charge is 2.20. The standard InChI is InChI=1S/C25H19F2N5O2S/c1-2-32-15-18(13-30-32)21-7-8-29-24-5-3-16(10-22(21)24)17-9-20(14-28-12-17)31-35(33,34)25-6-4-19(26)11-23(25)27/h3-15,31H,2H2,1H3. The van der Waals surface area contributed by atoms with Crippen LogP contribution in [0.1, 0.15) is 6.92 Å². The molecule has 0 unspecified atom stereocenters. The number of pyridine rings is 2. The number of hydrogen-bond donors (Lipinski definition) is 1. The summed E-state index contributed by atoms with van der Waals surface area (Å²) in [4.78, 5) is 7.93. The number of nitrogens with one attached hydrogen (secondary N) is 1. The Balaban J connectivity index is 1.52. The van der Waals surface area contributed by atoms with Gasteiger partial charge in [-0.15, -0.1) is 0 Å². The molecule has 0 saturated carbocycles. The van der Waals surface area contributed by atoms with E-state index in [1.54, 1.807) is 24.7 Å². The fourth-order valence-electron chi connectivity index (χ4n) is 3.81. The van der Waals surface area contributed by atoms with Crippen molar-refractivity contribution in [1.29, 1.82) is 0 Å². The minimum atomic E-state index is -4.29. The molecule has 176 valence electrons. The van der Waals surface area contributed by atoms with E-state index in [1.807, 2.05) is 42.1 Å². The maximum Gasteiger partial charge on any atom is 0.264 e. The Labute approximate surface area is 200 Å². The Morgan fingerprint density at radius 1 is 0.943 bits per heavy atom. The number of benzene rings is 2. The first kappa shape index (κ1) is 22.6. The highest BCUT2D eigenvalue weighted by Crippen LogP contribution is 2.32. The number of anilines is 1. The number of hydrogen-bond acceptors (Lipinski definition) is 5. The lowest BCUT2D eigenvalue weighted by atomic mass is 9.99. The number of sulfonamides is 1.